The number of rotatable bonds is 2. The highest BCUT2D eigenvalue weighted by Crippen LogP contribution is 2.03. The molecule has 5 heteroatoms. The summed E-state index contributed by atoms with van der Waals surface area (Å²) in [4.78, 5) is 0. The van der Waals surface area contributed by atoms with Gasteiger partial charge in [0, 0.05) is 6.54 Å². The first-order valence-corrected chi connectivity index (χ1v) is 4.39. The Labute approximate surface area is 82.1 Å². The van der Waals surface area contributed by atoms with Crippen LogP contribution in [0, 0.1) is 0 Å². The maximum Gasteiger partial charge on any atom is 0.112 e. The number of nitrogens with one attached hydrogen (secondary N) is 2. The van der Waals surface area contributed by atoms with Crippen LogP contribution >= 0.6 is 0 Å². The van der Waals surface area contributed by atoms with Crippen LogP contribution in [0.25, 0.3) is 11.0 Å². The zero-order valence-corrected chi connectivity index (χ0v) is 8.07. The zero-order chi connectivity index (χ0) is 10.2. The Morgan fingerprint density at radius 2 is 2.21 bits per heavy atom. The Bertz CT molecular complexity index is 328. The smallest absolute Gasteiger partial charge is 0.112 e. The molecule has 3 N–H and O–H groups in total. The van der Waals surface area contributed by atoms with Gasteiger partial charge in [-0.3, -0.25) is 5.10 Å². The zero-order valence-electron chi connectivity index (χ0n) is 8.07. The first-order chi connectivity index (χ1) is 6.88. The third-order valence-corrected chi connectivity index (χ3v) is 1.59. The minimum Gasteiger partial charge on any atom is -0.395 e. The van der Waals surface area contributed by atoms with E-state index in [1.165, 1.54) is 0 Å². The topological polar surface area (TPSA) is 73.8 Å². The lowest BCUT2D eigenvalue weighted by molar-refractivity contribution is 0.296. The van der Waals surface area contributed by atoms with Crippen molar-refractivity contribution >= 4 is 11.0 Å². The SMILES string of the molecule is CNCCO.c1ccc2[nH]nnc2c1. The fourth-order valence-electron chi connectivity index (χ4n) is 0.900. The van der Waals surface area contributed by atoms with Crippen LogP contribution in [0.3, 0.4) is 0 Å². The second-order valence-electron chi connectivity index (χ2n) is 2.66. The van der Waals surface area contributed by atoms with E-state index < -0.39 is 0 Å². The fraction of sp³-hybridized carbons (Fsp3) is 0.333. The van der Waals surface area contributed by atoms with Crippen molar-refractivity contribution in [3.8, 4) is 0 Å². The highest BCUT2D eigenvalue weighted by atomic mass is 16.3. The number of hydrogen-bond acceptors (Lipinski definition) is 4. The van der Waals surface area contributed by atoms with Crippen LogP contribution in [-0.2, 0) is 0 Å². The molecule has 1 aromatic heterocycles. The molecule has 2 aromatic rings. The van der Waals surface area contributed by atoms with E-state index in [2.05, 4.69) is 20.7 Å². The minimum atomic E-state index is 0.233. The number of hydrogen-bond donors (Lipinski definition) is 3. The Morgan fingerprint density at radius 1 is 1.43 bits per heavy atom. The molecule has 0 aliphatic heterocycles. The molecular formula is C9H14N4O. The number of aromatic nitrogens is 3. The van der Waals surface area contributed by atoms with Gasteiger partial charge in [-0.1, -0.05) is 17.3 Å². The molecule has 1 heterocycles. The number of aliphatic hydroxyl groups is 1. The summed E-state index contributed by atoms with van der Waals surface area (Å²) >= 11 is 0. The van der Waals surface area contributed by atoms with Crippen molar-refractivity contribution < 1.29 is 5.11 Å². The van der Waals surface area contributed by atoms with Crippen molar-refractivity contribution in [2.24, 2.45) is 0 Å². The molecule has 0 amide bonds. The fourth-order valence-corrected chi connectivity index (χ4v) is 0.900. The van der Waals surface area contributed by atoms with E-state index in [0.29, 0.717) is 6.54 Å². The molecule has 0 saturated carbocycles. The monoisotopic (exact) mass is 194 g/mol. The summed E-state index contributed by atoms with van der Waals surface area (Å²) < 4.78 is 0. The van der Waals surface area contributed by atoms with Crippen LogP contribution in [0.5, 0.6) is 0 Å². The van der Waals surface area contributed by atoms with Crippen LogP contribution in [0.4, 0.5) is 0 Å². The van der Waals surface area contributed by atoms with Crippen LogP contribution in [0.1, 0.15) is 0 Å². The van der Waals surface area contributed by atoms with Crippen molar-refractivity contribution in [3.05, 3.63) is 24.3 Å². The van der Waals surface area contributed by atoms with Gasteiger partial charge < -0.3 is 10.4 Å². The van der Waals surface area contributed by atoms with E-state index in [-0.39, 0.29) is 6.61 Å². The molecular weight excluding hydrogens is 180 g/mol. The summed E-state index contributed by atoms with van der Waals surface area (Å²) in [6.07, 6.45) is 0. The molecule has 0 spiro atoms. The number of benzene rings is 1. The Balaban J connectivity index is 0.000000171. The van der Waals surface area contributed by atoms with Crippen LogP contribution in [0.2, 0.25) is 0 Å². The van der Waals surface area contributed by atoms with Gasteiger partial charge in [-0.15, -0.1) is 5.10 Å². The summed E-state index contributed by atoms with van der Waals surface area (Å²) in [6, 6.07) is 7.74. The average molecular weight is 194 g/mol. The maximum absolute atomic E-state index is 8.00. The van der Waals surface area contributed by atoms with Crippen molar-refractivity contribution in [3.63, 3.8) is 0 Å². The number of aromatic amines is 1. The van der Waals surface area contributed by atoms with E-state index in [1.54, 1.807) is 7.05 Å². The lowest BCUT2D eigenvalue weighted by Crippen LogP contribution is -2.10. The molecule has 0 unspecified atom stereocenters. The summed E-state index contributed by atoms with van der Waals surface area (Å²) in [5.74, 6) is 0. The standard InChI is InChI=1S/C6H5N3.C3H9NO/c1-2-4-6-5(3-1)7-9-8-6;1-4-2-3-5/h1-4H,(H,7,8,9);4-5H,2-3H2,1H3. The van der Waals surface area contributed by atoms with Crippen LogP contribution in [0.15, 0.2) is 24.3 Å². The molecule has 76 valence electrons. The molecule has 2 rings (SSSR count). The molecule has 0 aliphatic rings. The van der Waals surface area contributed by atoms with Gasteiger partial charge in [-0.2, -0.15) is 0 Å². The number of H-pyrrole nitrogens is 1. The molecule has 0 atom stereocenters. The highest BCUT2D eigenvalue weighted by Gasteiger charge is 1.90. The van der Waals surface area contributed by atoms with Crippen molar-refractivity contribution in [1.82, 2.24) is 20.7 Å². The van der Waals surface area contributed by atoms with Gasteiger partial charge in [-0.25, -0.2) is 0 Å². The van der Waals surface area contributed by atoms with Crippen molar-refractivity contribution in [2.45, 2.75) is 0 Å². The van der Waals surface area contributed by atoms with E-state index in [1.807, 2.05) is 24.3 Å². The third kappa shape index (κ3) is 3.12. The summed E-state index contributed by atoms with van der Waals surface area (Å²) in [5, 5.41) is 21.0. The number of aliphatic hydroxyl groups excluding tert-OH is 1. The number of fused-ring (bicyclic) bond motifs is 1. The van der Waals surface area contributed by atoms with Gasteiger partial charge in [0.25, 0.3) is 0 Å². The maximum atomic E-state index is 8.00. The Kier molecular flexibility index (Phi) is 4.60. The van der Waals surface area contributed by atoms with Crippen molar-refractivity contribution in [1.29, 1.82) is 0 Å². The first-order valence-electron chi connectivity index (χ1n) is 4.39. The largest absolute Gasteiger partial charge is 0.395 e. The Hall–Kier alpha value is -1.46. The lowest BCUT2D eigenvalue weighted by Gasteiger charge is -1.84. The van der Waals surface area contributed by atoms with E-state index in [4.69, 9.17) is 5.11 Å². The second-order valence-corrected chi connectivity index (χ2v) is 2.66. The van der Waals surface area contributed by atoms with Gasteiger partial charge in [0.1, 0.15) is 5.52 Å². The molecule has 14 heavy (non-hydrogen) atoms. The Morgan fingerprint density at radius 3 is 2.79 bits per heavy atom. The van der Waals surface area contributed by atoms with Gasteiger partial charge >= 0.3 is 0 Å². The van der Waals surface area contributed by atoms with Gasteiger partial charge in [-0.05, 0) is 19.2 Å². The second kappa shape index (κ2) is 6.06. The average Bonchev–Trinajstić information content (AvgIpc) is 2.67. The molecule has 0 aliphatic carbocycles. The number of para-hydroxylation sites is 1. The minimum absolute atomic E-state index is 0.233. The molecule has 5 nitrogen and oxygen atoms in total. The predicted molar refractivity (Wildman–Crippen MR) is 54.9 cm³/mol. The van der Waals surface area contributed by atoms with E-state index >= 15 is 0 Å². The van der Waals surface area contributed by atoms with Gasteiger partial charge in [0.2, 0.25) is 0 Å². The van der Waals surface area contributed by atoms with Crippen LogP contribution < -0.4 is 5.32 Å². The summed E-state index contributed by atoms with van der Waals surface area (Å²) in [5.41, 5.74) is 1.90. The van der Waals surface area contributed by atoms with Crippen molar-refractivity contribution in [2.75, 3.05) is 20.2 Å². The molecule has 0 radical (unpaired) electrons. The van der Waals surface area contributed by atoms with Gasteiger partial charge in [0.05, 0.1) is 12.1 Å². The quantitative estimate of drug-likeness (QED) is 0.636. The van der Waals surface area contributed by atoms with Crippen LogP contribution in [-0.4, -0.2) is 40.7 Å². The molecule has 0 saturated heterocycles. The molecule has 0 bridgehead atoms. The number of nitrogens with zero attached hydrogens (tertiary/aromatic N) is 2. The normalized spacial score (nSPS) is 9.57. The highest BCUT2D eigenvalue weighted by molar-refractivity contribution is 5.72. The third-order valence-electron chi connectivity index (χ3n) is 1.59. The molecule has 1 aromatic carbocycles. The van der Waals surface area contributed by atoms with E-state index in [9.17, 15) is 0 Å². The van der Waals surface area contributed by atoms with Gasteiger partial charge in [0.15, 0.2) is 0 Å². The summed E-state index contributed by atoms with van der Waals surface area (Å²) in [7, 11) is 1.80. The number of likely N-dealkylation sites (N-methyl/N-ethyl adjacent to an activating group) is 1. The lowest BCUT2D eigenvalue weighted by atomic mass is 10.3. The first kappa shape index (κ1) is 10.6. The molecule has 0 fully saturated rings. The van der Waals surface area contributed by atoms with E-state index in [0.717, 1.165) is 11.0 Å². The summed E-state index contributed by atoms with van der Waals surface area (Å²) in [6.45, 7) is 0.927. The predicted octanol–water partition coefficient (Wildman–Crippen LogP) is 0.156.